The van der Waals surface area contributed by atoms with Crippen LogP contribution in [0.5, 0.6) is 0 Å². The quantitative estimate of drug-likeness (QED) is 0.353. The van der Waals surface area contributed by atoms with Gasteiger partial charge in [-0.05, 0) is 18.2 Å². The number of rotatable bonds is 3. The standard InChI is InChI=1S/C10H5F6N3.C8H8IO2/c11-9(12,13)6-1-5(8-17-4-18-19-8)2-7(3-6)10(14,15)16;1-6-4-5-9-7(6)2-3-8(10)11/h1-4H,(H,17,18,19);2-5H,1H3,(H,10,11)/q;-1/b;3-2-. The van der Waals surface area contributed by atoms with Crippen molar-refractivity contribution in [3.63, 3.8) is 0 Å². The normalized spacial score (nSPS) is 14.5. The number of carboxylic acid groups (broad SMARTS) is 1. The Bertz CT molecular complexity index is 960. The molecule has 1 aliphatic heterocycles. The number of carbonyl (C=O) groups is 1. The Labute approximate surface area is 176 Å². The molecule has 162 valence electrons. The predicted octanol–water partition coefficient (Wildman–Crippen LogP) is 2.03. The van der Waals surface area contributed by atoms with E-state index < -0.39 is 29.4 Å². The summed E-state index contributed by atoms with van der Waals surface area (Å²) in [6, 6.07) is 1.21. The monoisotopic (exact) mass is 544 g/mol. The Hall–Kier alpha value is -2.64. The second kappa shape index (κ2) is 9.45. The van der Waals surface area contributed by atoms with E-state index in [2.05, 4.69) is 25.3 Å². The minimum Gasteiger partial charge on any atom is -0.259 e. The molecule has 30 heavy (non-hydrogen) atoms. The Morgan fingerprint density at radius 2 is 1.70 bits per heavy atom. The molecule has 1 aliphatic rings. The number of benzene rings is 1. The van der Waals surface area contributed by atoms with Crippen molar-refractivity contribution in [2.75, 3.05) is 0 Å². The first kappa shape index (κ1) is 23.6. The molecule has 1 aromatic carbocycles. The van der Waals surface area contributed by atoms with Crippen molar-refractivity contribution in [3.8, 4) is 11.4 Å². The van der Waals surface area contributed by atoms with E-state index in [-0.39, 0.29) is 38.7 Å². The molecule has 0 atom stereocenters. The topological polar surface area (TPSA) is 78.9 Å². The van der Waals surface area contributed by atoms with Gasteiger partial charge in [-0.3, -0.25) is 5.10 Å². The van der Waals surface area contributed by atoms with E-state index >= 15 is 0 Å². The van der Waals surface area contributed by atoms with Gasteiger partial charge in [-0.25, -0.2) is 4.98 Å². The summed E-state index contributed by atoms with van der Waals surface area (Å²) in [5.74, 6) is -1.04. The van der Waals surface area contributed by atoms with Crippen LogP contribution >= 0.6 is 0 Å². The minimum absolute atomic E-state index is 0.0470. The smallest absolute Gasteiger partial charge is 0.259 e. The summed E-state index contributed by atoms with van der Waals surface area (Å²) in [7, 11) is 0. The van der Waals surface area contributed by atoms with Crippen LogP contribution in [-0.4, -0.2) is 26.3 Å². The molecule has 3 rings (SSSR count). The average Bonchev–Trinajstić information content (AvgIpc) is 3.30. The van der Waals surface area contributed by atoms with Gasteiger partial charge in [-0.15, -0.1) is 0 Å². The van der Waals surface area contributed by atoms with Gasteiger partial charge in [0.25, 0.3) is 0 Å². The maximum absolute atomic E-state index is 12.6. The first-order chi connectivity index (χ1) is 13.9. The van der Waals surface area contributed by atoms with Gasteiger partial charge in [-0.1, -0.05) is 0 Å². The van der Waals surface area contributed by atoms with Gasteiger partial charge in [0, 0.05) is 5.56 Å². The molecule has 2 N–H and O–H groups in total. The largest absolute Gasteiger partial charge is 0.416 e. The Morgan fingerprint density at radius 3 is 2.10 bits per heavy atom. The van der Waals surface area contributed by atoms with Crippen LogP contribution in [0.2, 0.25) is 0 Å². The van der Waals surface area contributed by atoms with Crippen molar-refractivity contribution in [1.82, 2.24) is 15.2 Å². The summed E-state index contributed by atoms with van der Waals surface area (Å²) in [5.41, 5.74) is -1.92. The number of nitrogens with one attached hydrogen (secondary N) is 1. The molecule has 1 aromatic heterocycles. The van der Waals surface area contributed by atoms with Crippen LogP contribution in [0, 0.1) is 0 Å². The van der Waals surface area contributed by atoms with Crippen LogP contribution in [0.15, 0.2) is 56.0 Å². The van der Waals surface area contributed by atoms with Crippen LogP contribution in [0.4, 0.5) is 26.3 Å². The SMILES string of the molecule is CC1=C(/C=C\C(=O)O)[I-]C=C1.FC(F)(F)c1cc(-c2ncn[nH]2)cc(C(F)(F)F)c1. The van der Waals surface area contributed by atoms with E-state index in [9.17, 15) is 31.1 Å². The van der Waals surface area contributed by atoms with Gasteiger partial charge >= 0.3 is 87.8 Å². The maximum atomic E-state index is 12.6. The van der Waals surface area contributed by atoms with E-state index in [4.69, 9.17) is 5.11 Å². The number of halogens is 7. The second-order valence-corrected chi connectivity index (χ2v) is 8.24. The molecule has 0 amide bonds. The Morgan fingerprint density at radius 1 is 1.10 bits per heavy atom. The number of hydrogen-bond donors (Lipinski definition) is 2. The minimum atomic E-state index is -4.88. The summed E-state index contributed by atoms with van der Waals surface area (Å²) in [6.45, 7) is 2.00. The molecule has 0 spiro atoms. The maximum Gasteiger partial charge on any atom is 0.416 e. The molecule has 0 unspecified atom stereocenters. The zero-order valence-corrected chi connectivity index (χ0v) is 17.2. The number of H-pyrrole nitrogens is 1. The predicted molar refractivity (Wildman–Crippen MR) is 90.4 cm³/mol. The molecule has 0 radical (unpaired) electrons. The third-order valence-corrected chi connectivity index (χ3v) is 6.12. The van der Waals surface area contributed by atoms with Gasteiger partial charge in [0.05, 0.1) is 11.1 Å². The van der Waals surface area contributed by atoms with Crippen LogP contribution in [-0.2, 0) is 17.1 Å². The molecule has 2 aromatic rings. The van der Waals surface area contributed by atoms with Crippen molar-refractivity contribution < 1.29 is 57.4 Å². The molecule has 0 aliphatic carbocycles. The van der Waals surface area contributed by atoms with Gasteiger partial charge in [0.15, 0.2) is 5.82 Å². The van der Waals surface area contributed by atoms with Crippen molar-refractivity contribution in [2.24, 2.45) is 0 Å². The van der Waals surface area contributed by atoms with Gasteiger partial charge in [0.1, 0.15) is 6.33 Å². The number of nitrogens with zero attached hydrogens (tertiary/aromatic N) is 2. The Balaban J connectivity index is 0.000000248. The van der Waals surface area contributed by atoms with Gasteiger partial charge in [-0.2, -0.15) is 31.4 Å². The van der Waals surface area contributed by atoms with E-state index in [0.717, 1.165) is 6.33 Å². The van der Waals surface area contributed by atoms with Crippen molar-refractivity contribution in [3.05, 3.63) is 67.1 Å². The zero-order chi connectivity index (χ0) is 22.5. The number of aliphatic carboxylic acids is 1. The molecule has 0 bridgehead atoms. The molecule has 5 nitrogen and oxygen atoms in total. The molecular formula is C18H13F6IN3O2-. The summed E-state index contributed by atoms with van der Waals surface area (Å²) in [5, 5.41) is 13.9. The third kappa shape index (κ3) is 6.71. The number of aromatic nitrogens is 3. The average molecular weight is 544 g/mol. The fourth-order valence-corrected chi connectivity index (χ4v) is 4.27. The summed E-state index contributed by atoms with van der Waals surface area (Å²) >= 11 is -0.0470. The number of alkyl halides is 6. The molecular weight excluding hydrogens is 531 g/mol. The van der Waals surface area contributed by atoms with Crippen LogP contribution in [0.3, 0.4) is 0 Å². The van der Waals surface area contributed by atoms with Crippen molar-refractivity contribution >= 4 is 5.97 Å². The van der Waals surface area contributed by atoms with Crippen LogP contribution < -0.4 is 21.2 Å². The fraction of sp³-hybridized carbons (Fsp3) is 0.167. The van der Waals surface area contributed by atoms with Crippen molar-refractivity contribution in [2.45, 2.75) is 19.3 Å². The van der Waals surface area contributed by atoms with Crippen molar-refractivity contribution in [1.29, 1.82) is 0 Å². The summed E-state index contributed by atoms with van der Waals surface area (Å²) in [4.78, 5) is 13.7. The Kier molecular flexibility index (Phi) is 7.44. The third-order valence-electron chi connectivity index (χ3n) is 3.52. The van der Waals surface area contributed by atoms with Gasteiger partial charge < -0.3 is 0 Å². The summed E-state index contributed by atoms with van der Waals surface area (Å²) < 4.78 is 78.7. The summed E-state index contributed by atoms with van der Waals surface area (Å²) in [6.07, 6.45) is -3.82. The molecule has 12 heteroatoms. The molecule has 0 fully saturated rings. The molecule has 2 heterocycles. The van der Waals surface area contributed by atoms with Crippen LogP contribution in [0.25, 0.3) is 11.4 Å². The van der Waals surface area contributed by atoms with E-state index in [1.54, 1.807) is 6.08 Å². The number of allylic oxidation sites excluding steroid dienone is 4. The zero-order valence-electron chi connectivity index (χ0n) is 15.0. The number of aromatic amines is 1. The number of hydrogen-bond acceptors (Lipinski definition) is 3. The first-order valence-corrected chi connectivity index (χ1v) is 10.3. The second-order valence-electron chi connectivity index (χ2n) is 5.73. The first-order valence-electron chi connectivity index (χ1n) is 7.95. The van der Waals surface area contributed by atoms with Crippen LogP contribution in [0.1, 0.15) is 18.1 Å². The van der Waals surface area contributed by atoms with E-state index in [1.807, 2.05) is 6.92 Å². The van der Waals surface area contributed by atoms with Gasteiger partial charge in [0.2, 0.25) is 0 Å². The van der Waals surface area contributed by atoms with E-state index in [0.29, 0.717) is 12.1 Å². The molecule has 0 saturated heterocycles. The number of carboxylic acids is 1. The molecule has 0 saturated carbocycles. The van der Waals surface area contributed by atoms with E-state index in [1.165, 1.54) is 15.2 Å². The fourth-order valence-electron chi connectivity index (χ4n) is 2.11.